The molecule has 6 rings (SSSR count). The molecule has 4 aromatic carbocycles. The number of rotatable bonds is 2. The van der Waals surface area contributed by atoms with Crippen LogP contribution in [0.15, 0.2) is 66.5 Å². The molecule has 1 aromatic heterocycles. The Morgan fingerprint density at radius 1 is 0.568 bits per heavy atom. The van der Waals surface area contributed by atoms with Crippen LogP contribution < -0.4 is 4.98 Å². The van der Waals surface area contributed by atoms with E-state index in [1.54, 1.807) is 0 Å². The molecule has 5 aromatic rings. The van der Waals surface area contributed by atoms with Crippen molar-refractivity contribution >= 4 is 39.2 Å². The Kier molecular flexibility index (Phi) is 9.50. The summed E-state index contributed by atoms with van der Waals surface area (Å²) < 4.78 is 4.43. The van der Waals surface area contributed by atoms with Crippen molar-refractivity contribution < 1.29 is 31.5 Å². The molecule has 0 unspecified atom stereocenters. The first-order chi connectivity index (χ1) is 20.1. The van der Waals surface area contributed by atoms with Crippen molar-refractivity contribution in [2.24, 2.45) is 5.41 Å². The van der Waals surface area contributed by atoms with E-state index in [9.17, 15) is 0 Å². The number of benzene rings is 4. The van der Waals surface area contributed by atoms with Crippen molar-refractivity contribution in [3.05, 3.63) is 117 Å². The number of hydrogen-bond donors (Lipinski definition) is 0. The first kappa shape index (κ1) is 33.4. The Morgan fingerprint density at radius 2 is 1.00 bits per heavy atom. The zero-order chi connectivity index (χ0) is 31.4. The van der Waals surface area contributed by atoms with Gasteiger partial charge >= 0.3 is 28.4 Å². The molecule has 1 aliphatic heterocycles. The van der Waals surface area contributed by atoms with Crippen LogP contribution in [-0.2, 0) is 22.4 Å². The Morgan fingerprint density at radius 3 is 1.45 bits per heavy atom. The van der Waals surface area contributed by atoms with E-state index in [1.165, 1.54) is 77.9 Å². The van der Waals surface area contributed by atoms with Crippen LogP contribution in [0.3, 0.4) is 0 Å². The maximum absolute atomic E-state index is 4.80. The molecule has 0 atom stereocenters. The van der Waals surface area contributed by atoms with Gasteiger partial charge in [0.1, 0.15) is 0 Å². The molecule has 2 heterocycles. The fourth-order valence-electron chi connectivity index (χ4n) is 6.63. The Labute approximate surface area is 279 Å². The summed E-state index contributed by atoms with van der Waals surface area (Å²) >= 11 is 0. The first-order valence-electron chi connectivity index (χ1n) is 15.3. The van der Waals surface area contributed by atoms with Crippen molar-refractivity contribution in [1.29, 1.82) is 0 Å². The van der Waals surface area contributed by atoms with E-state index in [0.29, 0.717) is 0 Å². The number of aromatic nitrogens is 1. The molecule has 44 heavy (non-hydrogen) atoms. The van der Waals surface area contributed by atoms with Crippen LogP contribution in [-0.4, -0.2) is 15.2 Å². The summed E-state index contributed by atoms with van der Waals surface area (Å²) in [6, 6.07) is 23.5. The molecule has 0 fully saturated rings. The van der Waals surface area contributed by atoms with Gasteiger partial charge in [-0.2, -0.15) is 0 Å². The number of aryl methyl sites for hydroxylation is 9. The minimum Gasteiger partial charge on any atom is -0.656 e. The Bertz CT molecular complexity index is 1920. The smallest absolute Gasteiger partial charge is 0.656 e. The molecule has 3 nitrogen and oxygen atoms in total. The van der Waals surface area contributed by atoms with Gasteiger partial charge in [0.25, 0.3) is 11.9 Å². The Balaban J connectivity index is 0.000000212. The van der Waals surface area contributed by atoms with Crippen molar-refractivity contribution in [2.75, 3.05) is 0 Å². The third-order valence-corrected chi connectivity index (χ3v) is 8.41. The van der Waals surface area contributed by atoms with Crippen LogP contribution in [0, 0.1) is 67.7 Å². The van der Waals surface area contributed by atoms with Crippen LogP contribution >= 0.6 is 0 Å². The molecule has 1 aliphatic rings. The summed E-state index contributed by atoms with van der Waals surface area (Å²) in [5, 5.41) is 2.59. The van der Waals surface area contributed by atoms with Crippen LogP contribution in [0.25, 0.3) is 21.8 Å². The van der Waals surface area contributed by atoms with Gasteiger partial charge in [-0.3, -0.25) is 0 Å². The molecule has 0 spiro atoms. The zero-order valence-electron chi connectivity index (χ0n) is 28.4. The largest absolute Gasteiger partial charge is 1.00 e. The van der Waals surface area contributed by atoms with Gasteiger partial charge in [-0.05, 0) is 106 Å². The van der Waals surface area contributed by atoms with Crippen molar-refractivity contribution in [3.63, 3.8) is 0 Å². The summed E-state index contributed by atoms with van der Waals surface area (Å²) in [5.41, 5.74) is 17.6. The minimum absolute atomic E-state index is 0. The van der Waals surface area contributed by atoms with Gasteiger partial charge in [0.15, 0.2) is 0 Å². The number of fused-ring (bicyclic) bond motifs is 3. The van der Waals surface area contributed by atoms with Gasteiger partial charge in [0.05, 0.1) is 5.41 Å². The van der Waals surface area contributed by atoms with Crippen LogP contribution in [0.4, 0.5) is 11.4 Å². The third-order valence-electron chi connectivity index (χ3n) is 8.41. The van der Waals surface area contributed by atoms with Crippen molar-refractivity contribution in [1.82, 2.24) is 4.98 Å². The van der Waals surface area contributed by atoms with Crippen LogP contribution in [0.1, 0.15) is 70.8 Å². The molecule has 0 aliphatic carbocycles. The average molecular weight is 766 g/mol. The van der Waals surface area contributed by atoms with E-state index in [2.05, 4.69) is 159 Å². The summed E-state index contributed by atoms with van der Waals surface area (Å²) in [6.45, 7) is 26.2. The first-order valence-corrected chi connectivity index (χ1v) is 15.3. The molecule has 230 valence electrons. The number of nitrogens with zero attached hydrogens (tertiary/aromatic N) is 3. The zero-order valence-corrected chi connectivity index (χ0v) is 30.6. The van der Waals surface area contributed by atoms with E-state index < -0.39 is 0 Å². The molecular weight excluding hydrogens is 719 g/mol. The minimum atomic E-state index is 0. The molecule has 0 saturated heterocycles. The number of para-hydroxylation sites is 1. The van der Waals surface area contributed by atoms with Gasteiger partial charge in [-0.25, -0.2) is 0 Å². The van der Waals surface area contributed by atoms with Crippen molar-refractivity contribution in [2.45, 2.75) is 83.1 Å². The standard InChI is InChI=1S/C24H30N2.C16H16N.Au/c1-16-12-19(4)22(20(5)13-16)25-14-21(24(6,7)8)26(15-25)23-17(2)10-9-11-18(23)3;1-9-5-11(3)15-13(7-9)14-8-10(2)6-12(4)16(14)17-15;/h9-14H,1-8H3;5-8H,1-4H3;/q+2;-1;+1. The summed E-state index contributed by atoms with van der Waals surface area (Å²) in [5.74, 6) is 0. The third kappa shape index (κ3) is 6.34. The Hall–Kier alpha value is -3.46. The molecule has 0 N–H and O–H groups in total. The van der Waals surface area contributed by atoms with E-state index in [0.717, 1.165) is 11.0 Å². The van der Waals surface area contributed by atoms with Crippen LogP contribution in [0.2, 0.25) is 0 Å². The van der Waals surface area contributed by atoms with E-state index >= 15 is 0 Å². The monoisotopic (exact) mass is 765 g/mol. The maximum Gasteiger partial charge on any atom is 1.00 e. The van der Waals surface area contributed by atoms with Gasteiger partial charge in [0, 0.05) is 22.3 Å². The van der Waals surface area contributed by atoms with Crippen molar-refractivity contribution in [3.8, 4) is 0 Å². The second-order valence-corrected chi connectivity index (χ2v) is 13.6. The SMILES string of the molecule is Cc1cc(C)c([N+]2=C=[N+](c3c(C)cccc3C)C(C(C)(C)C)=C2)c(C)c1.Cc1cc(C)c2[n-]c3c(C)cc(C)cc3c2c1.[Au+]. The maximum atomic E-state index is 4.80. The normalized spacial score (nSPS) is 12.9. The van der Waals surface area contributed by atoms with E-state index in [4.69, 9.17) is 4.98 Å². The molecule has 0 amide bonds. The molecule has 0 saturated carbocycles. The molecule has 0 bridgehead atoms. The summed E-state index contributed by atoms with van der Waals surface area (Å²) in [6.07, 6.45) is 2.25. The fourth-order valence-corrected chi connectivity index (χ4v) is 6.63. The second kappa shape index (κ2) is 12.5. The van der Waals surface area contributed by atoms with Gasteiger partial charge in [-0.15, -0.1) is 11.0 Å². The van der Waals surface area contributed by atoms with Crippen LogP contribution in [0.5, 0.6) is 0 Å². The quantitative estimate of drug-likeness (QED) is 0.129. The van der Waals surface area contributed by atoms with E-state index in [1.807, 2.05) is 0 Å². The molecular formula is C40H46AuN3+2. The van der Waals surface area contributed by atoms with E-state index in [-0.39, 0.29) is 27.8 Å². The predicted octanol–water partition coefficient (Wildman–Crippen LogP) is 10.5. The summed E-state index contributed by atoms with van der Waals surface area (Å²) in [4.78, 5) is 4.80. The average Bonchev–Trinajstić information content (AvgIpc) is 3.47. The van der Waals surface area contributed by atoms with Gasteiger partial charge < -0.3 is 4.98 Å². The predicted molar refractivity (Wildman–Crippen MR) is 183 cm³/mol. The topological polar surface area (TPSA) is 20.1 Å². The van der Waals surface area contributed by atoms with Gasteiger partial charge in [-0.1, -0.05) is 79.4 Å². The second-order valence-electron chi connectivity index (χ2n) is 13.6. The number of hydrogen-bond acceptors (Lipinski definition) is 0. The summed E-state index contributed by atoms with van der Waals surface area (Å²) in [7, 11) is 0. The molecule has 0 radical (unpaired) electrons. The molecule has 4 heteroatoms. The van der Waals surface area contributed by atoms with Gasteiger partial charge in [0.2, 0.25) is 11.4 Å². The fraction of sp³-hybridized carbons (Fsp3) is 0.325. The number of allylic oxidation sites excluding steroid dienone is 1.